The highest BCUT2D eigenvalue weighted by Crippen LogP contribution is 2.71. The molecule has 10 heteroatoms. The highest BCUT2D eigenvalue weighted by Gasteiger charge is 2.82. The Morgan fingerprint density at radius 1 is 1.25 bits per heavy atom. The van der Waals surface area contributed by atoms with E-state index in [1.165, 1.54) is 13.2 Å². The first kappa shape index (κ1) is 26.0. The van der Waals surface area contributed by atoms with Crippen molar-refractivity contribution in [2.45, 2.75) is 57.1 Å². The van der Waals surface area contributed by atoms with E-state index < -0.39 is 38.2 Å². The molecule has 2 aromatic rings. The molecule has 0 spiro atoms. The number of sulfone groups is 1. The Labute approximate surface area is 210 Å². The molecule has 2 aliphatic carbocycles. The zero-order chi connectivity index (χ0) is 26.5. The maximum atomic E-state index is 14.9. The first-order valence-corrected chi connectivity index (χ1v) is 13.9. The van der Waals surface area contributed by atoms with E-state index in [0.29, 0.717) is 47.5 Å². The Morgan fingerprint density at radius 2 is 1.89 bits per heavy atom. The third-order valence-electron chi connectivity index (χ3n) is 7.73. The second-order valence-electron chi connectivity index (χ2n) is 10.1. The summed E-state index contributed by atoms with van der Waals surface area (Å²) in [6, 6.07) is 8.70. The highest BCUT2D eigenvalue weighted by atomic mass is 32.2. The molecule has 0 aliphatic heterocycles. The van der Waals surface area contributed by atoms with Crippen LogP contribution >= 0.6 is 0 Å². The number of halogens is 2. The van der Waals surface area contributed by atoms with Crippen molar-refractivity contribution in [1.82, 2.24) is 10.3 Å². The number of pyridine rings is 1. The molecule has 2 unspecified atom stereocenters. The summed E-state index contributed by atoms with van der Waals surface area (Å²) in [5, 5.41) is 14.9. The quantitative estimate of drug-likeness (QED) is 0.543. The maximum absolute atomic E-state index is 14.9. The number of rotatable bonds is 8. The van der Waals surface area contributed by atoms with Crippen molar-refractivity contribution in [3.63, 3.8) is 0 Å². The van der Waals surface area contributed by atoms with Gasteiger partial charge in [-0.2, -0.15) is 5.26 Å². The average Bonchev–Trinajstić information content (AvgIpc) is 3.25. The van der Waals surface area contributed by atoms with Crippen LogP contribution in [-0.4, -0.2) is 43.3 Å². The standard InChI is InChI=1S/C26H30F2N4O3S/c1-5-20-21(12-29)15(2)30-14-22(20)32-18-8-6-17(7-9-18)23-25(3,26(23,27)28)24(33)31-13-16-10-19(11-16)36(4,34)35/h6-9,14,16,19,23,32H,5,10-11,13H2,1-4H3,(H,31,33). The van der Waals surface area contributed by atoms with Crippen LogP contribution < -0.4 is 10.6 Å². The van der Waals surface area contributed by atoms with E-state index in [1.807, 2.05) is 6.92 Å². The van der Waals surface area contributed by atoms with E-state index in [9.17, 15) is 27.3 Å². The van der Waals surface area contributed by atoms with Gasteiger partial charge in [0.05, 0.1) is 34.3 Å². The molecule has 2 N–H and O–H groups in total. The number of amides is 1. The van der Waals surface area contributed by atoms with Crippen LogP contribution in [0.1, 0.15) is 55.0 Å². The van der Waals surface area contributed by atoms with Gasteiger partial charge in [-0.05, 0) is 62.3 Å². The van der Waals surface area contributed by atoms with Gasteiger partial charge < -0.3 is 10.6 Å². The number of nitrogens with one attached hydrogen (secondary N) is 2. The Kier molecular flexibility index (Phi) is 6.58. The van der Waals surface area contributed by atoms with Crippen LogP contribution in [0, 0.1) is 29.6 Å². The van der Waals surface area contributed by atoms with E-state index in [0.717, 1.165) is 5.56 Å². The van der Waals surface area contributed by atoms with Crippen LogP contribution in [0.5, 0.6) is 0 Å². The van der Waals surface area contributed by atoms with Crippen molar-refractivity contribution < 1.29 is 22.0 Å². The van der Waals surface area contributed by atoms with Crippen LogP contribution in [0.3, 0.4) is 0 Å². The monoisotopic (exact) mass is 516 g/mol. The van der Waals surface area contributed by atoms with Gasteiger partial charge >= 0.3 is 0 Å². The van der Waals surface area contributed by atoms with Gasteiger partial charge in [0.2, 0.25) is 5.91 Å². The smallest absolute Gasteiger partial charge is 0.270 e. The molecule has 2 aliphatic rings. The van der Waals surface area contributed by atoms with Gasteiger partial charge in [-0.25, -0.2) is 17.2 Å². The molecule has 2 saturated carbocycles. The molecule has 36 heavy (non-hydrogen) atoms. The molecule has 0 radical (unpaired) electrons. The molecule has 2 atom stereocenters. The molecule has 1 heterocycles. The third-order valence-corrected chi connectivity index (χ3v) is 9.33. The number of alkyl halides is 2. The van der Waals surface area contributed by atoms with Gasteiger partial charge in [0, 0.05) is 18.5 Å². The zero-order valence-corrected chi connectivity index (χ0v) is 21.5. The predicted molar refractivity (Wildman–Crippen MR) is 133 cm³/mol. The number of carbonyl (C=O) groups excluding carboxylic acids is 1. The summed E-state index contributed by atoms with van der Waals surface area (Å²) in [5.41, 5.74) is 1.84. The van der Waals surface area contributed by atoms with Gasteiger partial charge in [-0.3, -0.25) is 9.78 Å². The lowest BCUT2D eigenvalue weighted by atomic mass is 9.84. The fourth-order valence-corrected chi connectivity index (χ4v) is 6.41. The van der Waals surface area contributed by atoms with E-state index in [4.69, 9.17) is 0 Å². The SMILES string of the molecule is CCc1c(Nc2ccc(C3C(F)(F)C3(C)C(=O)NCC3CC(S(C)(=O)=O)C3)cc2)cnc(C)c1C#N. The third kappa shape index (κ3) is 4.34. The Bertz CT molecular complexity index is 1330. The number of aromatic nitrogens is 1. The number of nitrogens with zero attached hydrogens (tertiary/aromatic N) is 2. The van der Waals surface area contributed by atoms with E-state index >= 15 is 0 Å². The van der Waals surface area contributed by atoms with Gasteiger partial charge in [0.1, 0.15) is 21.3 Å². The second kappa shape index (κ2) is 9.11. The average molecular weight is 517 g/mol. The van der Waals surface area contributed by atoms with Gasteiger partial charge in [-0.15, -0.1) is 0 Å². The summed E-state index contributed by atoms with van der Waals surface area (Å²) in [6.07, 6.45) is 4.35. The van der Waals surface area contributed by atoms with Gasteiger partial charge in [-0.1, -0.05) is 19.1 Å². The number of anilines is 2. The van der Waals surface area contributed by atoms with Crippen molar-refractivity contribution in [3.05, 3.63) is 52.8 Å². The fourth-order valence-electron chi connectivity index (χ4n) is 5.16. The number of hydrogen-bond donors (Lipinski definition) is 2. The van der Waals surface area contributed by atoms with E-state index in [-0.39, 0.29) is 12.5 Å². The lowest BCUT2D eigenvalue weighted by Crippen LogP contribution is -2.44. The van der Waals surface area contributed by atoms with Crippen LogP contribution in [0.15, 0.2) is 30.5 Å². The fraction of sp³-hybridized carbons (Fsp3) is 0.500. The van der Waals surface area contributed by atoms with Crippen molar-refractivity contribution in [1.29, 1.82) is 5.26 Å². The number of aryl methyl sites for hydroxylation is 1. The summed E-state index contributed by atoms with van der Waals surface area (Å²) >= 11 is 0. The van der Waals surface area contributed by atoms with Gasteiger partial charge in [0.25, 0.3) is 5.92 Å². The minimum absolute atomic E-state index is 0.0146. The number of carbonyl (C=O) groups is 1. The molecule has 1 aromatic heterocycles. The highest BCUT2D eigenvalue weighted by molar-refractivity contribution is 7.91. The largest absolute Gasteiger partial charge is 0.355 e. The summed E-state index contributed by atoms with van der Waals surface area (Å²) in [7, 11) is -3.11. The van der Waals surface area contributed by atoms with E-state index in [2.05, 4.69) is 21.7 Å². The molecule has 4 rings (SSSR count). The molecule has 1 amide bonds. The summed E-state index contributed by atoms with van der Waals surface area (Å²) in [6.45, 7) is 5.19. The lowest BCUT2D eigenvalue weighted by Gasteiger charge is -2.34. The zero-order valence-electron chi connectivity index (χ0n) is 20.7. The molecule has 1 aromatic carbocycles. The normalized spacial score (nSPS) is 26.4. The number of benzene rings is 1. The molecule has 2 fully saturated rings. The first-order chi connectivity index (χ1) is 16.8. The summed E-state index contributed by atoms with van der Waals surface area (Å²) in [4.78, 5) is 17.0. The molecular formula is C26H30F2N4O3S. The van der Waals surface area contributed by atoms with Crippen LogP contribution in [0.4, 0.5) is 20.2 Å². The topological polar surface area (TPSA) is 112 Å². The molecule has 7 nitrogen and oxygen atoms in total. The molecule has 192 valence electrons. The van der Waals surface area contributed by atoms with Crippen LogP contribution in [0.25, 0.3) is 0 Å². The molecule has 0 saturated heterocycles. The second-order valence-corrected chi connectivity index (χ2v) is 12.4. The Hall–Kier alpha value is -3.06. The van der Waals surface area contributed by atoms with Crippen LogP contribution in [0.2, 0.25) is 0 Å². The van der Waals surface area contributed by atoms with E-state index in [1.54, 1.807) is 37.4 Å². The van der Waals surface area contributed by atoms with Gasteiger partial charge in [0.15, 0.2) is 0 Å². The lowest BCUT2D eigenvalue weighted by molar-refractivity contribution is -0.129. The maximum Gasteiger partial charge on any atom is 0.270 e. The molecular weight excluding hydrogens is 486 g/mol. The number of hydrogen-bond acceptors (Lipinski definition) is 6. The Morgan fingerprint density at radius 3 is 2.44 bits per heavy atom. The molecule has 0 bridgehead atoms. The first-order valence-electron chi connectivity index (χ1n) is 11.9. The number of nitriles is 1. The minimum Gasteiger partial charge on any atom is -0.355 e. The predicted octanol–water partition coefficient (Wildman–Crippen LogP) is 4.25. The summed E-state index contributed by atoms with van der Waals surface area (Å²) in [5.74, 6) is -5.18. The van der Waals surface area contributed by atoms with Crippen molar-refractivity contribution >= 4 is 27.1 Å². The minimum atomic E-state index is -3.20. The Balaban J connectivity index is 1.43. The summed E-state index contributed by atoms with van der Waals surface area (Å²) < 4.78 is 52.9. The van der Waals surface area contributed by atoms with Crippen molar-refractivity contribution in [3.8, 4) is 6.07 Å². The van der Waals surface area contributed by atoms with Crippen molar-refractivity contribution in [2.24, 2.45) is 11.3 Å². The van der Waals surface area contributed by atoms with Crippen molar-refractivity contribution in [2.75, 3.05) is 18.1 Å². The van der Waals surface area contributed by atoms with Crippen LogP contribution in [-0.2, 0) is 21.1 Å².